The van der Waals surface area contributed by atoms with Crippen LogP contribution in [-0.2, 0) is 75.4 Å². The average Bonchev–Trinajstić information content (AvgIpc) is 1.58. The number of carbonyl (C=O) groups is 5. The van der Waals surface area contributed by atoms with Crippen molar-refractivity contribution in [1.29, 1.82) is 5.26 Å². The molecule has 4 fully saturated rings. The number of carbonyl (C=O) groups excluding carboxylic acids is 5. The number of fused-ring (bicyclic) bond motifs is 10. The summed E-state index contributed by atoms with van der Waals surface area (Å²) in [5, 5.41) is 27.4. The van der Waals surface area contributed by atoms with Gasteiger partial charge in [0, 0.05) is 117 Å². The molecule has 104 heavy (non-hydrogen) atoms. The molecule has 23 nitrogen and oxygen atoms in total. The molecule has 8 heterocycles. The molecule has 8 atom stereocenters. The first-order valence-corrected chi connectivity index (χ1v) is 37.9. The summed E-state index contributed by atoms with van der Waals surface area (Å²) in [6, 6.07) is 28.3. The molecule has 0 bridgehead atoms. The summed E-state index contributed by atoms with van der Waals surface area (Å²) >= 11 is 0. The fraction of sp³-hybridized carbons (Fsp3) is 0.556. The van der Waals surface area contributed by atoms with Gasteiger partial charge in [-0.3, -0.25) is 29.0 Å². The van der Waals surface area contributed by atoms with Crippen molar-refractivity contribution in [1.82, 2.24) is 48.7 Å². The SMILES string of the molecule is COC(=O)N1c2ccc3c(nc(CC4CCC(C#N)CC4)n3[C@@H]3CCC[C@@H](C(C)=O)C3)c2CC[C@@H]1C.COC(=O)N1c2ccc3c(nc(CCn4cccn4)n3CC(=O)N(C)CC(C)(C)O)c2CC[C@@H]1C.COC(=O)N1c2ccc3c(nc(Cc4ccccc4)n3[C@@H]3CC[C@@H]4CNC[C@H]43)c2CC[C@@H]1C. The second-order valence-corrected chi connectivity index (χ2v) is 31.0. The Hall–Kier alpha value is -9.14. The van der Waals surface area contributed by atoms with E-state index in [0.717, 1.165) is 195 Å². The minimum Gasteiger partial charge on any atom is -0.452 e. The number of Topliss-reactive ketones (excluding diaryl/α,β-unsaturated/α-hetero) is 1. The molecule has 8 aromatic rings. The number of aliphatic hydroxyl groups is 1. The van der Waals surface area contributed by atoms with Gasteiger partial charge in [-0.2, -0.15) is 10.4 Å². The van der Waals surface area contributed by atoms with Gasteiger partial charge in [-0.05, 0) is 210 Å². The van der Waals surface area contributed by atoms with Crippen molar-refractivity contribution >= 4 is 80.1 Å². The van der Waals surface area contributed by atoms with Crippen molar-refractivity contribution in [2.75, 3.05) is 62.7 Å². The zero-order chi connectivity index (χ0) is 73.3. The van der Waals surface area contributed by atoms with E-state index in [1.165, 1.54) is 50.8 Å². The third kappa shape index (κ3) is 15.0. The van der Waals surface area contributed by atoms with Crippen LogP contribution in [0.25, 0.3) is 33.1 Å². The van der Waals surface area contributed by atoms with Crippen molar-refractivity contribution in [3.63, 3.8) is 0 Å². The number of imidazole rings is 3. The Morgan fingerprint density at radius 1 is 0.654 bits per heavy atom. The summed E-state index contributed by atoms with van der Waals surface area (Å²) in [5.74, 6) is 5.47. The van der Waals surface area contributed by atoms with E-state index in [4.69, 9.17) is 29.2 Å². The van der Waals surface area contributed by atoms with E-state index in [0.29, 0.717) is 36.6 Å². The van der Waals surface area contributed by atoms with Crippen LogP contribution in [0.1, 0.15) is 177 Å². The number of rotatable bonds is 14. The van der Waals surface area contributed by atoms with Gasteiger partial charge in [-0.1, -0.05) is 36.8 Å². The van der Waals surface area contributed by atoms with Crippen LogP contribution < -0.4 is 20.0 Å². The summed E-state index contributed by atoms with van der Waals surface area (Å²) in [4.78, 5) is 85.5. The number of benzene rings is 4. The van der Waals surface area contributed by atoms with Gasteiger partial charge >= 0.3 is 18.3 Å². The van der Waals surface area contributed by atoms with Gasteiger partial charge < -0.3 is 43.2 Å². The highest BCUT2D eigenvalue weighted by Gasteiger charge is 2.43. The monoisotopic (exact) mass is 1420 g/mol. The Kier molecular flexibility index (Phi) is 22.0. The summed E-state index contributed by atoms with van der Waals surface area (Å²) in [6.07, 6.45) is 20.7. The number of nitrogens with zero attached hydrogens (tertiary/aromatic N) is 13. The Morgan fingerprint density at radius 3 is 1.76 bits per heavy atom. The fourth-order valence-electron chi connectivity index (χ4n) is 18.2. The summed E-state index contributed by atoms with van der Waals surface area (Å²) in [7, 11) is 5.98. The number of amides is 4. The molecule has 2 N–H and O–H groups in total. The third-order valence-electron chi connectivity index (χ3n) is 23.6. The van der Waals surface area contributed by atoms with Crippen molar-refractivity contribution < 1.29 is 43.3 Å². The molecule has 0 radical (unpaired) electrons. The maximum atomic E-state index is 13.1. The molecule has 1 saturated heterocycles. The number of nitrogens with one attached hydrogen (secondary N) is 1. The van der Waals surface area contributed by atoms with Crippen molar-refractivity contribution in [2.24, 2.45) is 29.6 Å². The van der Waals surface area contributed by atoms with Crippen molar-refractivity contribution in [3.05, 3.63) is 125 Å². The summed E-state index contributed by atoms with van der Waals surface area (Å²) in [5.41, 5.74) is 12.3. The molecule has 15 rings (SSSR count). The number of hydrogen-bond donors (Lipinski definition) is 2. The largest absolute Gasteiger partial charge is 0.452 e. The first-order chi connectivity index (χ1) is 50.1. The maximum absolute atomic E-state index is 13.1. The highest BCUT2D eigenvalue weighted by molar-refractivity contribution is 5.98. The van der Waals surface area contributed by atoms with E-state index < -0.39 is 5.60 Å². The lowest BCUT2D eigenvalue weighted by Gasteiger charge is -2.34. The van der Waals surface area contributed by atoms with Crippen LogP contribution in [0.5, 0.6) is 0 Å². The predicted octanol–water partition coefficient (Wildman–Crippen LogP) is 13.5. The zero-order valence-corrected chi connectivity index (χ0v) is 62.4. The highest BCUT2D eigenvalue weighted by Crippen LogP contribution is 2.48. The van der Waals surface area contributed by atoms with Gasteiger partial charge in [0.15, 0.2) is 0 Å². The topological polar surface area (TPSA) is 253 Å². The molecule has 23 heteroatoms. The van der Waals surface area contributed by atoms with E-state index in [-0.39, 0.29) is 73.3 Å². The van der Waals surface area contributed by atoms with Gasteiger partial charge in [0.2, 0.25) is 5.91 Å². The van der Waals surface area contributed by atoms with Gasteiger partial charge in [-0.25, -0.2) is 29.3 Å². The highest BCUT2D eigenvalue weighted by atomic mass is 16.6. The van der Waals surface area contributed by atoms with Crippen LogP contribution in [0.3, 0.4) is 0 Å². The van der Waals surface area contributed by atoms with Crippen LogP contribution in [0.15, 0.2) is 85.2 Å². The van der Waals surface area contributed by atoms with Crippen LogP contribution in [0.4, 0.5) is 31.4 Å². The molecule has 7 aliphatic rings. The van der Waals surface area contributed by atoms with Crippen molar-refractivity contribution in [2.45, 2.75) is 212 Å². The molecule has 4 aromatic carbocycles. The number of aryl methyl sites for hydroxylation is 5. The van der Waals surface area contributed by atoms with Gasteiger partial charge in [0.05, 0.1) is 83.2 Å². The van der Waals surface area contributed by atoms with Gasteiger partial charge in [-0.15, -0.1) is 0 Å². The lowest BCUT2D eigenvalue weighted by atomic mass is 9.80. The van der Waals surface area contributed by atoms with Crippen LogP contribution in [0.2, 0.25) is 0 Å². The molecule has 3 aliphatic carbocycles. The molecule has 0 spiro atoms. The summed E-state index contributed by atoms with van der Waals surface area (Å²) < 4.78 is 24.1. The third-order valence-corrected chi connectivity index (χ3v) is 23.6. The first kappa shape index (κ1) is 73.2. The smallest absolute Gasteiger partial charge is 0.414 e. The Labute approximate surface area is 610 Å². The summed E-state index contributed by atoms with van der Waals surface area (Å²) in [6.45, 7) is 14.4. The lowest BCUT2D eigenvalue weighted by molar-refractivity contribution is -0.133. The van der Waals surface area contributed by atoms with Gasteiger partial charge in [0.1, 0.15) is 29.8 Å². The lowest BCUT2D eigenvalue weighted by Crippen LogP contribution is -2.42. The molecule has 4 aromatic heterocycles. The standard InChI is InChI=1S/C29H38N4O3.C27H32N4O2.C25H34N6O4/c1-18-7-12-24-25(32(18)29(35)36-3)13-14-26-28(24)31-27(15-20-8-10-21(17-30)11-9-20)33(26)23-6-4-5-22(16-23)19(2)34;1-17-8-10-20-22(30(17)27(32)33-2)12-13-24-26(20)29-25(14-18-6-4-3-5-7-18)31(24)23-11-9-19-15-28-16-21(19)23;1-17-7-8-18-19(31(17)24(33)35-5)9-10-20-23(18)27-21(11-14-29-13-6-12-26-29)30(20)15-22(32)28(4)16-25(2,3)34/h13-14,18,20-23H,4-12,15-16H2,1-3H3;3-7,12-13,17,19,21,23,28H,8-11,14-16H2,1-2H3;6,9-10,12-13,17,34H,7-8,11,14-16H2,1-5H3/t18-,20?,21?,22+,23+;17-,19+,21+,23+;17-/m000/s1. The number of likely N-dealkylation sites (N-methyl/N-ethyl adjacent to an activating group) is 1. The molecule has 552 valence electrons. The predicted molar refractivity (Wildman–Crippen MR) is 401 cm³/mol. The van der Waals surface area contributed by atoms with Crippen LogP contribution in [-0.4, -0.2) is 150 Å². The first-order valence-electron chi connectivity index (χ1n) is 37.9. The number of hydrogen-bond acceptors (Lipinski definition) is 15. The van der Waals surface area contributed by atoms with Crippen LogP contribution >= 0.6 is 0 Å². The minimum absolute atomic E-state index is 0.0193. The van der Waals surface area contributed by atoms with E-state index >= 15 is 0 Å². The molecule has 0 unspecified atom stereocenters. The Balaban J connectivity index is 0.000000139. The maximum Gasteiger partial charge on any atom is 0.414 e. The minimum atomic E-state index is -0.989. The van der Waals surface area contributed by atoms with E-state index in [9.17, 15) is 34.3 Å². The molecule has 3 saturated carbocycles. The average molecular weight is 1420 g/mol. The number of methoxy groups -OCH3 is 3. The van der Waals surface area contributed by atoms with E-state index in [1.54, 1.807) is 53.6 Å². The number of ketones is 1. The van der Waals surface area contributed by atoms with Gasteiger partial charge in [0.25, 0.3) is 0 Å². The zero-order valence-electron chi connectivity index (χ0n) is 62.4. The Morgan fingerprint density at radius 2 is 1.21 bits per heavy atom. The fourth-order valence-corrected chi connectivity index (χ4v) is 18.2. The quantitative estimate of drug-likeness (QED) is 0.0960. The van der Waals surface area contributed by atoms with E-state index in [2.05, 4.69) is 94.1 Å². The number of nitriles is 1. The molecule has 4 amide bonds. The molecule has 4 aliphatic heterocycles. The second-order valence-electron chi connectivity index (χ2n) is 31.0. The Bertz CT molecular complexity index is 4480. The second kappa shape index (κ2) is 31.3. The molecular formula is C81H104N14O9. The normalized spacial score (nSPS) is 23.5. The number of anilines is 3. The van der Waals surface area contributed by atoms with Crippen LogP contribution in [0, 0.1) is 40.9 Å². The number of ether oxygens (including phenoxy) is 3. The van der Waals surface area contributed by atoms with Crippen molar-refractivity contribution in [3.8, 4) is 6.07 Å². The number of aromatic nitrogens is 8. The van der Waals surface area contributed by atoms with E-state index in [1.807, 2.05) is 40.6 Å². The molecular weight excluding hydrogens is 1310 g/mol.